The molecular weight excluding hydrogens is 472 g/mol. The smallest absolute Gasteiger partial charge is 0.297 e. The SMILES string of the molecule is COc1ccc(-c2ccc(OCc3cc(S(=O)(=O)NC(=O)c4c(C)noc4C)oc3C)cc2)cc1. The zero-order valence-electron chi connectivity index (χ0n) is 19.6. The van der Waals surface area contributed by atoms with E-state index in [4.69, 9.17) is 18.4 Å². The predicted molar refractivity (Wildman–Crippen MR) is 127 cm³/mol. The summed E-state index contributed by atoms with van der Waals surface area (Å²) in [6, 6.07) is 16.6. The van der Waals surface area contributed by atoms with Crippen LogP contribution in [0.2, 0.25) is 0 Å². The van der Waals surface area contributed by atoms with Gasteiger partial charge in [0.15, 0.2) is 0 Å². The van der Waals surface area contributed by atoms with Crippen LogP contribution in [0.1, 0.15) is 33.1 Å². The van der Waals surface area contributed by atoms with Gasteiger partial charge in [-0.2, -0.15) is 8.42 Å². The Morgan fingerprint density at radius 2 is 1.54 bits per heavy atom. The van der Waals surface area contributed by atoms with Gasteiger partial charge in [-0.05, 0) is 56.2 Å². The third-order valence-corrected chi connectivity index (χ3v) is 6.61. The van der Waals surface area contributed by atoms with Gasteiger partial charge in [-0.25, -0.2) is 4.72 Å². The van der Waals surface area contributed by atoms with Gasteiger partial charge in [0.2, 0.25) is 5.09 Å². The number of sulfonamides is 1. The molecule has 0 spiro atoms. The van der Waals surface area contributed by atoms with Gasteiger partial charge in [0.05, 0.1) is 12.8 Å². The maximum absolute atomic E-state index is 12.7. The number of carbonyl (C=O) groups is 1. The first-order chi connectivity index (χ1) is 16.7. The molecule has 0 saturated heterocycles. The van der Waals surface area contributed by atoms with Crippen molar-refractivity contribution in [3.8, 4) is 22.6 Å². The molecule has 10 heteroatoms. The van der Waals surface area contributed by atoms with Crippen molar-refractivity contribution in [1.29, 1.82) is 0 Å². The summed E-state index contributed by atoms with van der Waals surface area (Å²) in [6.07, 6.45) is 0. The van der Waals surface area contributed by atoms with Crippen molar-refractivity contribution < 1.29 is 31.6 Å². The van der Waals surface area contributed by atoms with E-state index in [9.17, 15) is 13.2 Å². The van der Waals surface area contributed by atoms with Gasteiger partial charge in [0.1, 0.15) is 35.2 Å². The van der Waals surface area contributed by atoms with Gasteiger partial charge < -0.3 is 18.4 Å². The summed E-state index contributed by atoms with van der Waals surface area (Å²) in [7, 11) is -2.62. The molecule has 1 N–H and O–H groups in total. The topological polar surface area (TPSA) is 121 Å². The monoisotopic (exact) mass is 496 g/mol. The number of ether oxygens (including phenoxy) is 2. The number of furan rings is 1. The van der Waals surface area contributed by atoms with E-state index in [2.05, 4.69) is 5.16 Å². The Morgan fingerprint density at radius 3 is 2.09 bits per heavy atom. The second-order valence-electron chi connectivity index (χ2n) is 7.82. The maximum atomic E-state index is 12.7. The Bertz CT molecular complexity index is 1430. The van der Waals surface area contributed by atoms with Crippen molar-refractivity contribution in [2.45, 2.75) is 32.5 Å². The lowest BCUT2D eigenvalue weighted by Gasteiger charge is -2.07. The number of benzene rings is 2. The molecule has 2 aromatic carbocycles. The normalized spacial score (nSPS) is 11.3. The molecule has 0 bridgehead atoms. The predicted octanol–water partition coefficient (Wildman–Crippen LogP) is 4.57. The van der Waals surface area contributed by atoms with Gasteiger partial charge in [-0.1, -0.05) is 29.4 Å². The van der Waals surface area contributed by atoms with Crippen LogP contribution in [0.3, 0.4) is 0 Å². The Hall–Kier alpha value is -4.05. The van der Waals surface area contributed by atoms with E-state index in [1.165, 1.54) is 13.0 Å². The number of nitrogens with one attached hydrogen (secondary N) is 1. The number of aryl methyl sites for hydroxylation is 3. The molecule has 182 valence electrons. The van der Waals surface area contributed by atoms with Crippen LogP contribution < -0.4 is 14.2 Å². The van der Waals surface area contributed by atoms with E-state index in [0.29, 0.717) is 17.1 Å². The fourth-order valence-corrected chi connectivity index (χ4v) is 4.46. The first kappa shape index (κ1) is 24.1. The second-order valence-corrected chi connectivity index (χ2v) is 9.44. The molecule has 2 aromatic heterocycles. The molecule has 0 aliphatic heterocycles. The quantitative estimate of drug-likeness (QED) is 0.377. The number of aromatic nitrogens is 1. The maximum Gasteiger partial charge on any atom is 0.297 e. The van der Waals surface area contributed by atoms with Crippen molar-refractivity contribution in [3.05, 3.63) is 82.9 Å². The van der Waals surface area contributed by atoms with E-state index >= 15 is 0 Å². The minimum absolute atomic E-state index is 0.0681. The highest BCUT2D eigenvalue weighted by atomic mass is 32.2. The number of methoxy groups -OCH3 is 1. The van der Waals surface area contributed by atoms with Crippen LogP contribution in [0.25, 0.3) is 11.1 Å². The number of hydrogen-bond acceptors (Lipinski definition) is 8. The summed E-state index contributed by atoms with van der Waals surface area (Å²) in [4.78, 5) is 12.4. The first-order valence-corrected chi connectivity index (χ1v) is 12.1. The minimum atomic E-state index is -4.25. The highest BCUT2D eigenvalue weighted by Gasteiger charge is 2.27. The van der Waals surface area contributed by atoms with Crippen molar-refractivity contribution >= 4 is 15.9 Å². The molecule has 0 radical (unpaired) electrons. The standard InChI is InChI=1S/C25H24N2O7S/c1-15-24(17(3)34-26-15)25(28)27-35(29,30)23-13-20(16(2)33-23)14-32-22-11-7-19(8-12-22)18-5-9-21(31-4)10-6-18/h5-13H,14H2,1-4H3,(H,27,28). The number of hydrogen-bond donors (Lipinski definition) is 1. The molecule has 0 atom stereocenters. The lowest BCUT2D eigenvalue weighted by Crippen LogP contribution is -2.31. The Balaban J connectivity index is 1.42. The van der Waals surface area contributed by atoms with Crippen LogP contribution >= 0.6 is 0 Å². The molecule has 35 heavy (non-hydrogen) atoms. The van der Waals surface area contributed by atoms with Crippen LogP contribution in [0, 0.1) is 20.8 Å². The van der Waals surface area contributed by atoms with Gasteiger partial charge >= 0.3 is 0 Å². The summed E-state index contributed by atoms with van der Waals surface area (Å²) in [5.74, 6) is 1.14. The van der Waals surface area contributed by atoms with E-state index in [1.807, 2.05) is 53.3 Å². The van der Waals surface area contributed by atoms with Crippen LogP contribution in [-0.4, -0.2) is 26.6 Å². The summed E-state index contributed by atoms with van der Waals surface area (Å²) >= 11 is 0. The Labute approximate surface area is 202 Å². The highest BCUT2D eigenvalue weighted by molar-refractivity contribution is 7.90. The molecule has 0 saturated carbocycles. The summed E-state index contributed by atoms with van der Waals surface area (Å²) in [6.45, 7) is 4.79. The van der Waals surface area contributed by atoms with Gasteiger partial charge in [-0.3, -0.25) is 4.79 Å². The number of rotatable bonds is 8. The largest absolute Gasteiger partial charge is 0.497 e. The fraction of sp³-hybridized carbons (Fsp3) is 0.200. The third-order valence-electron chi connectivity index (χ3n) is 5.42. The summed E-state index contributed by atoms with van der Waals surface area (Å²) < 4.78 is 48.7. The molecule has 0 aliphatic carbocycles. The molecule has 4 rings (SSSR count). The molecule has 2 heterocycles. The minimum Gasteiger partial charge on any atom is -0.497 e. The highest BCUT2D eigenvalue weighted by Crippen LogP contribution is 2.26. The number of carbonyl (C=O) groups excluding carboxylic acids is 1. The van der Waals surface area contributed by atoms with Crippen molar-refractivity contribution in [3.63, 3.8) is 0 Å². The van der Waals surface area contributed by atoms with Gasteiger partial charge in [-0.15, -0.1) is 0 Å². The van der Waals surface area contributed by atoms with Crippen molar-refractivity contribution in [2.24, 2.45) is 0 Å². The van der Waals surface area contributed by atoms with E-state index in [1.54, 1.807) is 21.0 Å². The second kappa shape index (κ2) is 9.67. The van der Waals surface area contributed by atoms with Gasteiger partial charge in [0.25, 0.3) is 15.9 Å². The van der Waals surface area contributed by atoms with Crippen LogP contribution in [0.4, 0.5) is 0 Å². The number of nitrogens with zero attached hydrogens (tertiary/aromatic N) is 1. The average molecular weight is 497 g/mol. The van der Waals surface area contributed by atoms with E-state index in [0.717, 1.165) is 16.9 Å². The molecule has 0 aliphatic rings. The molecule has 9 nitrogen and oxygen atoms in total. The van der Waals surface area contributed by atoms with Gasteiger partial charge in [0, 0.05) is 11.6 Å². The molecule has 0 unspecified atom stereocenters. The summed E-state index contributed by atoms with van der Waals surface area (Å²) in [5.41, 5.74) is 2.95. The summed E-state index contributed by atoms with van der Waals surface area (Å²) in [5, 5.41) is 3.28. The van der Waals surface area contributed by atoms with Crippen LogP contribution in [0.15, 0.2) is 68.6 Å². The molecule has 0 fully saturated rings. The zero-order chi connectivity index (χ0) is 25.2. The fourth-order valence-electron chi connectivity index (χ4n) is 3.48. The lowest BCUT2D eigenvalue weighted by atomic mass is 10.1. The molecule has 1 amide bonds. The zero-order valence-corrected chi connectivity index (χ0v) is 20.4. The lowest BCUT2D eigenvalue weighted by molar-refractivity contribution is 0.0978. The Morgan fingerprint density at radius 1 is 0.943 bits per heavy atom. The molecular formula is C25H24N2O7S. The van der Waals surface area contributed by atoms with Crippen LogP contribution in [0.5, 0.6) is 11.5 Å². The molecule has 4 aromatic rings. The van der Waals surface area contributed by atoms with Crippen LogP contribution in [-0.2, 0) is 16.6 Å². The van der Waals surface area contributed by atoms with E-state index < -0.39 is 15.9 Å². The van der Waals surface area contributed by atoms with Crippen molar-refractivity contribution in [2.75, 3.05) is 7.11 Å². The average Bonchev–Trinajstić information content (AvgIpc) is 3.39. The van der Waals surface area contributed by atoms with Crippen molar-refractivity contribution in [1.82, 2.24) is 9.88 Å². The van der Waals surface area contributed by atoms with E-state index in [-0.39, 0.29) is 28.7 Å². The number of amides is 1. The third kappa shape index (κ3) is 5.22. The first-order valence-electron chi connectivity index (χ1n) is 10.6. The Kier molecular flexibility index (Phi) is 6.65.